The zero-order valence-corrected chi connectivity index (χ0v) is 17.6. The van der Waals surface area contributed by atoms with Gasteiger partial charge in [-0.15, -0.1) is 0 Å². The molecule has 7 unspecified atom stereocenters. The average molecular weight is 323 g/mol. The molecule has 0 heterocycles. The summed E-state index contributed by atoms with van der Waals surface area (Å²) >= 11 is 0. The lowest BCUT2D eigenvalue weighted by molar-refractivity contribution is -0.0800. The molecule has 0 nitrogen and oxygen atoms in total. The third-order valence-corrected chi connectivity index (χ3v) is 8.02. The largest absolute Gasteiger partial charge is 0.0654 e. The van der Waals surface area contributed by atoms with Gasteiger partial charge in [-0.1, -0.05) is 87.5 Å². The molecule has 1 aliphatic carbocycles. The maximum atomic E-state index is 2.66. The van der Waals surface area contributed by atoms with Gasteiger partial charge >= 0.3 is 0 Å². The highest BCUT2D eigenvalue weighted by atomic mass is 14.6. The van der Waals surface area contributed by atoms with Crippen LogP contribution in [-0.2, 0) is 0 Å². The third-order valence-electron chi connectivity index (χ3n) is 8.02. The Morgan fingerprint density at radius 2 is 1.57 bits per heavy atom. The van der Waals surface area contributed by atoms with E-state index in [0.29, 0.717) is 5.41 Å². The van der Waals surface area contributed by atoms with Crippen LogP contribution in [0.1, 0.15) is 107 Å². The van der Waals surface area contributed by atoms with Gasteiger partial charge in [-0.25, -0.2) is 0 Å². The molecule has 7 atom stereocenters. The second-order valence-corrected chi connectivity index (χ2v) is 9.27. The number of rotatable bonds is 9. The monoisotopic (exact) mass is 322 g/mol. The van der Waals surface area contributed by atoms with Crippen molar-refractivity contribution in [2.45, 2.75) is 107 Å². The normalized spacial score (nSPS) is 39.4. The molecule has 0 aromatic heterocycles. The minimum atomic E-state index is 0.557. The Kier molecular flexibility index (Phi) is 8.67. The van der Waals surface area contributed by atoms with Crippen LogP contribution in [-0.4, -0.2) is 0 Å². The Labute approximate surface area is 148 Å². The lowest BCUT2D eigenvalue weighted by Gasteiger charge is -2.57. The molecule has 138 valence electrons. The molecule has 1 saturated carbocycles. The summed E-state index contributed by atoms with van der Waals surface area (Å²) < 4.78 is 0. The number of hydrogen-bond acceptors (Lipinski definition) is 0. The van der Waals surface area contributed by atoms with Crippen LogP contribution in [0.3, 0.4) is 0 Å². The average Bonchev–Trinajstić information content (AvgIpc) is 2.55. The molecule has 0 bridgehead atoms. The van der Waals surface area contributed by atoms with E-state index < -0.39 is 0 Å². The first-order chi connectivity index (χ1) is 10.8. The van der Waals surface area contributed by atoms with Gasteiger partial charge in [0.1, 0.15) is 0 Å². The van der Waals surface area contributed by atoms with E-state index in [1.165, 1.54) is 51.4 Å². The topological polar surface area (TPSA) is 0 Å². The fourth-order valence-electron chi connectivity index (χ4n) is 5.73. The van der Waals surface area contributed by atoms with E-state index in [1.54, 1.807) is 0 Å². The van der Waals surface area contributed by atoms with Crippen LogP contribution in [0, 0.1) is 40.9 Å². The van der Waals surface area contributed by atoms with Gasteiger partial charge in [0.05, 0.1) is 0 Å². The molecule has 0 radical (unpaired) electrons. The highest BCUT2D eigenvalue weighted by Crippen LogP contribution is 2.57. The quantitative estimate of drug-likeness (QED) is 0.404. The standard InChI is InChI=1S/C23H46/c1-9-12-14-21-18(5)20(7)23(8,16-15-17(4)11-3)22(13-10-2)19(21)6/h17-22H,9-16H2,1-8H3. The molecule has 0 heteroatoms. The van der Waals surface area contributed by atoms with Gasteiger partial charge in [-0.05, 0) is 60.2 Å². The second-order valence-electron chi connectivity index (χ2n) is 9.27. The predicted molar refractivity (Wildman–Crippen MR) is 106 cm³/mol. The van der Waals surface area contributed by atoms with Crippen molar-refractivity contribution in [3.63, 3.8) is 0 Å². The first-order valence-electron chi connectivity index (χ1n) is 10.8. The zero-order chi connectivity index (χ0) is 17.6. The maximum absolute atomic E-state index is 2.66. The molecule has 1 rings (SSSR count). The highest BCUT2D eigenvalue weighted by Gasteiger charge is 2.50. The van der Waals surface area contributed by atoms with Gasteiger partial charge < -0.3 is 0 Å². The fourth-order valence-corrected chi connectivity index (χ4v) is 5.73. The van der Waals surface area contributed by atoms with Crippen molar-refractivity contribution in [1.82, 2.24) is 0 Å². The molecule has 0 amide bonds. The van der Waals surface area contributed by atoms with Gasteiger partial charge in [0, 0.05) is 0 Å². The lowest BCUT2D eigenvalue weighted by atomic mass is 9.48. The first kappa shape index (κ1) is 21.0. The second kappa shape index (κ2) is 9.47. The van der Waals surface area contributed by atoms with Crippen molar-refractivity contribution in [1.29, 1.82) is 0 Å². The highest BCUT2D eigenvalue weighted by molar-refractivity contribution is 4.99. The Bertz CT molecular complexity index is 320. The Morgan fingerprint density at radius 3 is 2.09 bits per heavy atom. The molecule has 0 N–H and O–H groups in total. The summed E-state index contributed by atoms with van der Waals surface area (Å²) in [7, 11) is 0. The van der Waals surface area contributed by atoms with E-state index in [9.17, 15) is 0 Å². The Hall–Kier alpha value is 0. The van der Waals surface area contributed by atoms with Crippen LogP contribution in [0.2, 0.25) is 0 Å². The summed E-state index contributed by atoms with van der Waals surface area (Å²) in [5.41, 5.74) is 0.557. The smallest absolute Gasteiger partial charge is 0.0266 e. The minimum Gasteiger partial charge on any atom is -0.0654 e. The molecule has 1 fully saturated rings. The minimum absolute atomic E-state index is 0.557. The van der Waals surface area contributed by atoms with E-state index >= 15 is 0 Å². The van der Waals surface area contributed by atoms with Gasteiger partial charge in [0.25, 0.3) is 0 Å². The lowest BCUT2D eigenvalue weighted by Crippen LogP contribution is -2.50. The number of unbranched alkanes of at least 4 members (excludes halogenated alkanes) is 1. The predicted octanol–water partition coefficient (Wildman–Crippen LogP) is 7.96. The van der Waals surface area contributed by atoms with Gasteiger partial charge in [0.2, 0.25) is 0 Å². The van der Waals surface area contributed by atoms with Crippen LogP contribution in [0.25, 0.3) is 0 Å². The van der Waals surface area contributed by atoms with Crippen LogP contribution < -0.4 is 0 Å². The third kappa shape index (κ3) is 4.76. The molecule has 0 saturated heterocycles. The van der Waals surface area contributed by atoms with E-state index in [4.69, 9.17) is 0 Å². The molecule has 0 aromatic carbocycles. The summed E-state index contributed by atoms with van der Waals surface area (Å²) in [6.07, 6.45) is 11.3. The van der Waals surface area contributed by atoms with E-state index in [2.05, 4.69) is 55.4 Å². The Morgan fingerprint density at radius 1 is 0.913 bits per heavy atom. The fraction of sp³-hybridized carbons (Fsp3) is 1.00. The first-order valence-corrected chi connectivity index (χ1v) is 10.8. The van der Waals surface area contributed by atoms with E-state index in [0.717, 1.165) is 35.5 Å². The summed E-state index contributed by atoms with van der Waals surface area (Å²) in [5, 5.41) is 0. The molecule has 0 aliphatic heterocycles. The van der Waals surface area contributed by atoms with E-state index in [1.807, 2.05) is 0 Å². The van der Waals surface area contributed by atoms with Gasteiger partial charge in [0.15, 0.2) is 0 Å². The zero-order valence-electron chi connectivity index (χ0n) is 17.6. The molecular formula is C23H46. The summed E-state index contributed by atoms with van der Waals surface area (Å²) in [6.45, 7) is 20.0. The maximum Gasteiger partial charge on any atom is -0.0266 e. The van der Waals surface area contributed by atoms with Gasteiger partial charge in [-0.3, -0.25) is 0 Å². The van der Waals surface area contributed by atoms with Gasteiger partial charge in [-0.2, -0.15) is 0 Å². The molecule has 0 spiro atoms. The van der Waals surface area contributed by atoms with Crippen LogP contribution >= 0.6 is 0 Å². The molecule has 23 heavy (non-hydrogen) atoms. The van der Waals surface area contributed by atoms with Crippen molar-refractivity contribution in [2.75, 3.05) is 0 Å². The summed E-state index contributed by atoms with van der Waals surface area (Å²) in [4.78, 5) is 0. The van der Waals surface area contributed by atoms with Crippen LogP contribution in [0.15, 0.2) is 0 Å². The summed E-state index contributed by atoms with van der Waals surface area (Å²) in [5.74, 6) is 5.47. The molecular weight excluding hydrogens is 276 g/mol. The van der Waals surface area contributed by atoms with Crippen molar-refractivity contribution < 1.29 is 0 Å². The Balaban J connectivity index is 2.98. The van der Waals surface area contributed by atoms with Crippen molar-refractivity contribution in [3.05, 3.63) is 0 Å². The summed E-state index contributed by atoms with van der Waals surface area (Å²) in [6, 6.07) is 0. The molecule has 0 aromatic rings. The molecule has 1 aliphatic rings. The SMILES string of the molecule is CCCCC1C(C)C(C)C(C)(CCC(C)CC)C(CCC)C1C. The van der Waals surface area contributed by atoms with Crippen molar-refractivity contribution >= 4 is 0 Å². The van der Waals surface area contributed by atoms with Crippen LogP contribution in [0.5, 0.6) is 0 Å². The van der Waals surface area contributed by atoms with Crippen LogP contribution in [0.4, 0.5) is 0 Å². The van der Waals surface area contributed by atoms with E-state index in [-0.39, 0.29) is 0 Å². The van der Waals surface area contributed by atoms with Crippen molar-refractivity contribution in [3.8, 4) is 0 Å². The number of hydrogen-bond donors (Lipinski definition) is 0. The van der Waals surface area contributed by atoms with Crippen molar-refractivity contribution in [2.24, 2.45) is 40.9 Å².